The molecule has 0 heterocycles. The Bertz CT molecular complexity index is 462. The largest absolute Gasteiger partial charge is 0.391 e. The lowest BCUT2D eigenvalue weighted by Crippen LogP contribution is -2.36. The second-order valence-corrected chi connectivity index (χ2v) is 3.95. The van der Waals surface area contributed by atoms with Gasteiger partial charge >= 0.3 is 6.18 Å². The highest BCUT2D eigenvalue weighted by molar-refractivity contribution is 5.94. The van der Waals surface area contributed by atoms with E-state index in [9.17, 15) is 31.1 Å². The summed E-state index contributed by atoms with van der Waals surface area (Å²) in [4.78, 5) is 11.4. The van der Waals surface area contributed by atoms with Crippen LogP contribution in [0.15, 0.2) is 12.1 Å². The average Bonchev–Trinajstić information content (AvgIpc) is 2.22. The molecule has 0 aromatic heterocycles. The summed E-state index contributed by atoms with van der Waals surface area (Å²) in [5.41, 5.74) is -0.592. The van der Waals surface area contributed by atoms with Gasteiger partial charge in [-0.05, 0) is 19.1 Å². The SMILES string of the molecule is CC(CC(F)(F)F)NC(=O)c1cc(F)c(F)c(F)c1. The summed E-state index contributed by atoms with van der Waals surface area (Å²) in [6.45, 7) is 1.08. The van der Waals surface area contributed by atoms with Crippen molar-refractivity contribution in [2.24, 2.45) is 0 Å². The predicted octanol–water partition coefficient (Wildman–Crippen LogP) is 3.17. The Hall–Kier alpha value is -1.73. The topological polar surface area (TPSA) is 29.1 Å². The molecule has 1 atom stereocenters. The number of halogens is 6. The molecule has 8 heteroatoms. The van der Waals surface area contributed by atoms with Crippen LogP contribution in [0.2, 0.25) is 0 Å². The minimum absolute atomic E-state index is 0.411. The molecule has 19 heavy (non-hydrogen) atoms. The van der Waals surface area contributed by atoms with Crippen LogP contribution in [0.5, 0.6) is 0 Å². The number of benzene rings is 1. The molecule has 1 aromatic carbocycles. The molecule has 0 aliphatic rings. The highest BCUT2D eigenvalue weighted by atomic mass is 19.4. The monoisotopic (exact) mass is 285 g/mol. The van der Waals surface area contributed by atoms with Crippen LogP contribution < -0.4 is 5.32 Å². The Morgan fingerprint density at radius 3 is 2.11 bits per heavy atom. The van der Waals surface area contributed by atoms with Crippen LogP contribution in [0.3, 0.4) is 0 Å². The highest BCUT2D eigenvalue weighted by Crippen LogP contribution is 2.21. The van der Waals surface area contributed by atoms with Gasteiger partial charge in [-0.25, -0.2) is 13.2 Å². The van der Waals surface area contributed by atoms with Gasteiger partial charge in [0.1, 0.15) is 0 Å². The first-order valence-corrected chi connectivity index (χ1v) is 5.12. The van der Waals surface area contributed by atoms with E-state index >= 15 is 0 Å². The van der Waals surface area contributed by atoms with E-state index < -0.39 is 47.6 Å². The summed E-state index contributed by atoms with van der Waals surface area (Å²) in [5.74, 6) is -6.04. The maximum absolute atomic E-state index is 12.8. The second kappa shape index (κ2) is 5.50. The molecule has 0 aliphatic carbocycles. The zero-order valence-electron chi connectivity index (χ0n) is 9.62. The molecule has 0 spiro atoms. The number of alkyl halides is 3. The molecule has 1 rings (SSSR count). The number of nitrogens with one attached hydrogen (secondary N) is 1. The molecule has 0 fully saturated rings. The van der Waals surface area contributed by atoms with Gasteiger partial charge in [0, 0.05) is 11.6 Å². The van der Waals surface area contributed by atoms with Crippen LogP contribution in [-0.4, -0.2) is 18.1 Å². The number of carbonyl (C=O) groups is 1. The number of hydrogen-bond donors (Lipinski definition) is 1. The van der Waals surface area contributed by atoms with E-state index in [0.29, 0.717) is 12.1 Å². The normalized spacial score (nSPS) is 13.2. The fraction of sp³-hybridized carbons (Fsp3) is 0.364. The van der Waals surface area contributed by atoms with Crippen molar-refractivity contribution in [2.75, 3.05) is 0 Å². The van der Waals surface area contributed by atoms with Gasteiger partial charge in [0.25, 0.3) is 5.91 Å². The lowest BCUT2D eigenvalue weighted by Gasteiger charge is -2.15. The van der Waals surface area contributed by atoms with E-state index in [1.165, 1.54) is 0 Å². The summed E-state index contributed by atoms with van der Waals surface area (Å²) in [6.07, 6.45) is -5.77. The molecule has 2 nitrogen and oxygen atoms in total. The van der Waals surface area contributed by atoms with E-state index in [1.54, 1.807) is 0 Å². The van der Waals surface area contributed by atoms with Crippen molar-refractivity contribution in [3.8, 4) is 0 Å². The van der Waals surface area contributed by atoms with E-state index in [1.807, 2.05) is 5.32 Å². The summed E-state index contributed by atoms with van der Waals surface area (Å²) in [7, 11) is 0. The Morgan fingerprint density at radius 1 is 1.21 bits per heavy atom. The van der Waals surface area contributed by atoms with Crippen LogP contribution in [0.25, 0.3) is 0 Å². The molecule has 0 saturated carbocycles. The first kappa shape index (κ1) is 15.3. The average molecular weight is 285 g/mol. The second-order valence-electron chi connectivity index (χ2n) is 3.95. The Balaban J connectivity index is 2.79. The number of carbonyl (C=O) groups excluding carboxylic acids is 1. The Kier molecular flexibility index (Phi) is 4.43. The standard InChI is InChI=1S/C11H9F6NO/c1-5(4-11(15,16)17)18-10(19)6-2-7(12)9(14)8(13)3-6/h2-3,5H,4H2,1H3,(H,18,19). The van der Waals surface area contributed by atoms with Crippen molar-refractivity contribution < 1.29 is 31.1 Å². The third-order valence-electron chi connectivity index (χ3n) is 2.16. The summed E-state index contributed by atoms with van der Waals surface area (Å²) >= 11 is 0. The van der Waals surface area contributed by atoms with E-state index in [-0.39, 0.29) is 0 Å². The fourth-order valence-electron chi connectivity index (χ4n) is 1.39. The summed E-state index contributed by atoms with van der Waals surface area (Å²) < 4.78 is 74.4. The van der Waals surface area contributed by atoms with Crippen LogP contribution >= 0.6 is 0 Å². The Labute approximate surface area is 104 Å². The first-order chi connectivity index (χ1) is 8.60. The molecule has 0 aliphatic heterocycles. The highest BCUT2D eigenvalue weighted by Gasteiger charge is 2.30. The van der Waals surface area contributed by atoms with Gasteiger partial charge in [-0.2, -0.15) is 13.2 Å². The molecular formula is C11H9F6NO. The minimum Gasteiger partial charge on any atom is -0.349 e. The van der Waals surface area contributed by atoms with Crippen LogP contribution in [-0.2, 0) is 0 Å². The lowest BCUT2D eigenvalue weighted by atomic mass is 10.1. The zero-order chi connectivity index (χ0) is 14.8. The van der Waals surface area contributed by atoms with Gasteiger partial charge in [-0.1, -0.05) is 0 Å². The van der Waals surface area contributed by atoms with Crippen molar-refractivity contribution in [3.05, 3.63) is 35.1 Å². The zero-order valence-corrected chi connectivity index (χ0v) is 9.62. The number of amides is 1. The molecule has 106 valence electrons. The van der Waals surface area contributed by atoms with Gasteiger partial charge in [-0.3, -0.25) is 4.79 Å². The number of hydrogen-bond acceptors (Lipinski definition) is 1. The van der Waals surface area contributed by atoms with Crippen LogP contribution in [0, 0.1) is 17.5 Å². The lowest BCUT2D eigenvalue weighted by molar-refractivity contribution is -0.138. The summed E-state index contributed by atoms with van der Waals surface area (Å²) in [5, 5.41) is 1.91. The molecular weight excluding hydrogens is 276 g/mol. The third-order valence-corrected chi connectivity index (χ3v) is 2.16. The third kappa shape index (κ3) is 4.46. The van der Waals surface area contributed by atoms with Crippen molar-refractivity contribution in [3.63, 3.8) is 0 Å². The van der Waals surface area contributed by atoms with Gasteiger partial charge in [0.05, 0.1) is 6.42 Å². The number of rotatable bonds is 3. The molecule has 1 amide bonds. The predicted molar refractivity (Wildman–Crippen MR) is 53.9 cm³/mol. The molecule has 0 bridgehead atoms. The Morgan fingerprint density at radius 2 is 1.68 bits per heavy atom. The summed E-state index contributed by atoms with van der Waals surface area (Å²) in [6, 6.07) is -0.453. The van der Waals surface area contributed by atoms with E-state index in [4.69, 9.17) is 0 Å². The quantitative estimate of drug-likeness (QED) is 0.670. The van der Waals surface area contributed by atoms with Crippen molar-refractivity contribution in [1.82, 2.24) is 5.32 Å². The molecule has 0 saturated heterocycles. The maximum atomic E-state index is 12.8. The van der Waals surface area contributed by atoms with E-state index in [2.05, 4.69) is 0 Å². The van der Waals surface area contributed by atoms with Gasteiger partial charge in [-0.15, -0.1) is 0 Å². The molecule has 1 aromatic rings. The maximum Gasteiger partial charge on any atom is 0.391 e. The minimum atomic E-state index is -4.48. The van der Waals surface area contributed by atoms with Crippen molar-refractivity contribution in [2.45, 2.75) is 25.6 Å². The smallest absolute Gasteiger partial charge is 0.349 e. The van der Waals surface area contributed by atoms with Crippen LogP contribution in [0.1, 0.15) is 23.7 Å². The molecule has 0 radical (unpaired) electrons. The van der Waals surface area contributed by atoms with Crippen molar-refractivity contribution >= 4 is 5.91 Å². The fourth-order valence-corrected chi connectivity index (χ4v) is 1.39. The molecule has 1 N–H and O–H groups in total. The van der Waals surface area contributed by atoms with Crippen LogP contribution in [0.4, 0.5) is 26.3 Å². The van der Waals surface area contributed by atoms with Gasteiger partial charge in [0.15, 0.2) is 17.5 Å². The van der Waals surface area contributed by atoms with Gasteiger partial charge in [0.2, 0.25) is 0 Å². The van der Waals surface area contributed by atoms with Crippen molar-refractivity contribution in [1.29, 1.82) is 0 Å². The first-order valence-electron chi connectivity index (χ1n) is 5.12. The van der Waals surface area contributed by atoms with E-state index in [0.717, 1.165) is 6.92 Å². The molecule has 1 unspecified atom stereocenters. The van der Waals surface area contributed by atoms with Gasteiger partial charge < -0.3 is 5.32 Å².